The minimum absolute atomic E-state index is 0.126. The van der Waals surface area contributed by atoms with Gasteiger partial charge < -0.3 is 4.40 Å². The molecule has 0 radical (unpaired) electrons. The number of pyridine rings is 1. The van der Waals surface area contributed by atoms with Gasteiger partial charge in [-0.05, 0) is 94.2 Å². The van der Waals surface area contributed by atoms with Crippen molar-refractivity contribution in [3.63, 3.8) is 0 Å². The van der Waals surface area contributed by atoms with Gasteiger partial charge in [0.2, 0.25) is 0 Å². The molecule has 1 saturated carbocycles. The molecule has 1 fully saturated rings. The highest BCUT2D eigenvalue weighted by Crippen LogP contribution is 2.45. The summed E-state index contributed by atoms with van der Waals surface area (Å²) in [4.78, 5) is 9.78. The van der Waals surface area contributed by atoms with Crippen LogP contribution >= 0.6 is 0 Å². The fraction of sp³-hybridized carbons (Fsp3) is 0.385. The average Bonchev–Trinajstić information content (AvgIpc) is 3.57. The number of benzene rings is 4. The molecule has 0 spiro atoms. The fourth-order valence-corrected chi connectivity index (χ4v) is 8.00. The van der Waals surface area contributed by atoms with Crippen molar-refractivity contribution in [2.45, 2.75) is 86.0 Å². The van der Waals surface area contributed by atoms with E-state index in [1.54, 1.807) is 6.33 Å². The maximum Gasteiger partial charge on any atom is 0.116 e. The van der Waals surface area contributed by atoms with E-state index in [0.29, 0.717) is 5.92 Å². The topological polar surface area (TPSA) is 30.2 Å². The summed E-state index contributed by atoms with van der Waals surface area (Å²) in [5.74, 6) is 0.672. The van der Waals surface area contributed by atoms with Crippen LogP contribution in [-0.2, 0) is 12.8 Å². The molecule has 1 aliphatic carbocycles. The largest absolute Gasteiger partial charge is 0.307 e. The fourth-order valence-electron chi connectivity index (χ4n) is 8.00. The minimum atomic E-state index is 0.126. The Morgan fingerprint density at radius 2 is 1.45 bits per heavy atom. The van der Waals surface area contributed by atoms with Gasteiger partial charge in [-0.15, -0.1) is 0 Å². The summed E-state index contributed by atoms with van der Waals surface area (Å²) in [5, 5.41) is 7.75. The molecule has 3 heterocycles. The number of rotatable bonds is 3. The quantitative estimate of drug-likeness (QED) is 0.161. The molecule has 0 unspecified atom stereocenters. The molecule has 4 aromatic carbocycles. The van der Waals surface area contributed by atoms with Crippen molar-refractivity contribution >= 4 is 59.9 Å². The smallest absolute Gasteiger partial charge is 0.116 e. The van der Waals surface area contributed by atoms with Gasteiger partial charge in [0.05, 0.1) is 33.0 Å². The van der Waals surface area contributed by atoms with E-state index in [0.717, 1.165) is 23.9 Å². The molecule has 1 aliphatic rings. The molecule has 42 heavy (non-hydrogen) atoms. The van der Waals surface area contributed by atoms with Crippen molar-refractivity contribution in [1.82, 2.24) is 14.4 Å². The Hall–Kier alpha value is -3.72. The molecule has 8 rings (SSSR count). The highest BCUT2D eigenvalue weighted by molar-refractivity contribution is 6.28. The zero-order valence-corrected chi connectivity index (χ0v) is 25.9. The number of hydrogen-bond donors (Lipinski definition) is 0. The van der Waals surface area contributed by atoms with Crippen LogP contribution in [0.15, 0.2) is 60.9 Å². The number of nitrogens with zero attached hydrogens (tertiary/aromatic N) is 3. The molecular weight excluding hydrogens is 510 g/mol. The van der Waals surface area contributed by atoms with E-state index in [1.807, 2.05) is 0 Å². The lowest BCUT2D eigenvalue weighted by Crippen LogP contribution is -2.12. The monoisotopic (exact) mass is 551 g/mol. The van der Waals surface area contributed by atoms with Crippen molar-refractivity contribution in [2.75, 3.05) is 0 Å². The molecule has 7 aromatic rings. The predicted octanol–water partition coefficient (Wildman–Crippen LogP) is 10.8. The zero-order valence-electron chi connectivity index (χ0n) is 25.9. The van der Waals surface area contributed by atoms with Crippen LogP contribution in [0, 0.1) is 10.8 Å². The van der Waals surface area contributed by atoms with Gasteiger partial charge in [-0.2, -0.15) is 0 Å². The normalized spacial score (nSPS) is 15.6. The van der Waals surface area contributed by atoms with E-state index in [9.17, 15) is 0 Å². The zero-order chi connectivity index (χ0) is 29.0. The summed E-state index contributed by atoms with van der Waals surface area (Å²) in [6.45, 7) is 14.1. The first-order valence-electron chi connectivity index (χ1n) is 15.9. The van der Waals surface area contributed by atoms with E-state index < -0.39 is 0 Å². The highest BCUT2D eigenvalue weighted by Gasteiger charge is 2.26. The number of aromatic nitrogens is 3. The Bertz CT molecular complexity index is 2160. The Balaban J connectivity index is 1.59. The summed E-state index contributed by atoms with van der Waals surface area (Å²) < 4.78 is 2.61. The Morgan fingerprint density at radius 3 is 2.21 bits per heavy atom. The van der Waals surface area contributed by atoms with Crippen LogP contribution in [-0.4, -0.2) is 14.4 Å². The van der Waals surface area contributed by atoms with E-state index in [4.69, 9.17) is 9.97 Å². The maximum absolute atomic E-state index is 5.01. The summed E-state index contributed by atoms with van der Waals surface area (Å²) in [6.07, 6.45) is 9.11. The van der Waals surface area contributed by atoms with Crippen molar-refractivity contribution < 1.29 is 0 Å². The van der Waals surface area contributed by atoms with E-state index in [2.05, 4.69) is 101 Å². The second-order valence-electron chi connectivity index (χ2n) is 15.5. The minimum Gasteiger partial charge on any atom is -0.307 e. The van der Waals surface area contributed by atoms with Crippen LogP contribution < -0.4 is 0 Å². The van der Waals surface area contributed by atoms with Gasteiger partial charge in [-0.25, -0.2) is 9.97 Å². The molecule has 0 atom stereocenters. The van der Waals surface area contributed by atoms with Gasteiger partial charge >= 0.3 is 0 Å². The maximum atomic E-state index is 5.01. The summed E-state index contributed by atoms with van der Waals surface area (Å²) in [6, 6.07) is 21.4. The van der Waals surface area contributed by atoms with Gasteiger partial charge in [0.1, 0.15) is 6.33 Å². The first-order chi connectivity index (χ1) is 20.1. The molecule has 3 nitrogen and oxygen atoms in total. The summed E-state index contributed by atoms with van der Waals surface area (Å²) >= 11 is 0. The third-order valence-corrected chi connectivity index (χ3v) is 9.58. The predicted molar refractivity (Wildman–Crippen MR) is 179 cm³/mol. The Kier molecular flexibility index (Phi) is 5.49. The lowest BCUT2D eigenvalue weighted by atomic mass is 9.83. The Morgan fingerprint density at radius 1 is 0.714 bits per heavy atom. The van der Waals surface area contributed by atoms with Crippen molar-refractivity contribution in [2.24, 2.45) is 10.8 Å². The first kappa shape index (κ1) is 25.9. The number of hydrogen-bond acceptors (Lipinski definition) is 2. The second-order valence-corrected chi connectivity index (χ2v) is 15.5. The summed E-state index contributed by atoms with van der Waals surface area (Å²) in [5.41, 5.74) is 10.7. The lowest BCUT2D eigenvalue weighted by molar-refractivity contribution is 0.411. The highest BCUT2D eigenvalue weighted by atomic mass is 14.9. The third-order valence-electron chi connectivity index (χ3n) is 9.58. The van der Waals surface area contributed by atoms with E-state index in [1.165, 1.54) is 91.2 Å². The molecule has 0 aliphatic heterocycles. The van der Waals surface area contributed by atoms with Gasteiger partial charge in [0.25, 0.3) is 0 Å². The van der Waals surface area contributed by atoms with Crippen LogP contribution in [0.5, 0.6) is 0 Å². The molecule has 3 aromatic heterocycles. The van der Waals surface area contributed by atoms with Crippen molar-refractivity contribution in [3.8, 4) is 0 Å². The third kappa shape index (κ3) is 4.00. The molecule has 0 saturated heterocycles. The molecule has 3 heteroatoms. The van der Waals surface area contributed by atoms with E-state index >= 15 is 0 Å². The van der Waals surface area contributed by atoms with Gasteiger partial charge in [-0.1, -0.05) is 84.7 Å². The van der Waals surface area contributed by atoms with Gasteiger partial charge in [0.15, 0.2) is 0 Å². The standard InChI is InChI=1S/C39H41N3/c1-38(2,3)20-23-11-13-27-26(17-23)18-30-35-34-32(40-22-41-35)16-15-29-28-14-12-25(24-9-7-8-10-24)19-33(28)42(37(29)34)36(30)31(27)21-39(4,5)6/h11-19,22,24H,7-10,20-21H2,1-6H3. The molecular formula is C39H41N3. The lowest BCUT2D eigenvalue weighted by Gasteiger charge is -2.24. The molecule has 0 N–H and O–H groups in total. The average molecular weight is 552 g/mol. The van der Waals surface area contributed by atoms with Gasteiger partial charge in [-0.3, -0.25) is 0 Å². The summed E-state index contributed by atoms with van der Waals surface area (Å²) in [7, 11) is 0. The molecule has 0 bridgehead atoms. The van der Waals surface area contributed by atoms with Crippen molar-refractivity contribution in [3.05, 3.63) is 77.6 Å². The van der Waals surface area contributed by atoms with Crippen molar-refractivity contribution in [1.29, 1.82) is 0 Å². The van der Waals surface area contributed by atoms with Crippen LogP contribution in [0.25, 0.3) is 59.9 Å². The first-order valence-corrected chi connectivity index (χ1v) is 15.9. The Labute approximate surface area is 248 Å². The van der Waals surface area contributed by atoms with Crippen LogP contribution in [0.1, 0.15) is 89.8 Å². The van der Waals surface area contributed by atoms with Crippen LogP contribution in [0.3, 0.4) is 0 Å². The second kappa shape index (κ2) is 8.89. The van der Waals surface area contributed by atoms with E-state index in [-0.39, 0.29) is 10.8 Å². The molecule has 0 amide bonds. The van der Waals surface area contributed by atoms with Gasteiger partial charge in [0, 0.05) is 16.2 Å². The number of fused-ring (bicyclic) bond motifs is 7. The SMILES string of the molecule is CC(C)(C)Cc1ccc2c(CC(C)(C)C)c3c(cc2c1)c1ncnc2ccc4c5ccc(C6CCCC6)cc5n3c4c21. The van der Waals surface area contributed by atoms with Crippen LogP contribution in [0.2, 0.25) is 0 Å². The molecule has 212 valence electrons. The van der Waals surface area contributed by atoms with Crippen LogP contribution in [0.4, 0.5) is 0 Å².